The highest BCUT2D eigenvalue weighted by molar-refractivity contribution is 5.66. The van der Waals surface area contributed by atoms with E-state index in [-0.39, 0.29) is 12.5 Å². The van der Waals surface area contributed by atoms with E-state index in [1.165, 1.54) is 0 Å². The van der Waals surface area contributed by atoms with Gasteiger partial charge in [-0.1, -0.05) is 36.4 Å². The SMILES string of the molecule is COc1ccc(-c2ccc(C(N)CCCC(=O)O)cc2)cc1. The van der Waals surface area contributed by atoms with Gasteiger partial charge in [0.25, 0.3) is 0 Å². The second-order valence-corrected chi connectivity index (χ2v) is 5.24. The molecule has 4 heteroatoms. The molecule has 0 heterocycles. The second-order valence-electron chi connectivity index (χ2n) is 5.24. The molecule has 0 aliphatic rings. The molecule has 2 aromatic carbocycles. The summed E-state index contributed by atoms with van der Waals surface area (Å²) < 4.78 is 5.15. The Morgan fingerprint density at radius 1 is 1.09 bits per heavy atom. The molecule has 4 nitrogen and oxygen atoms in total. The van der Waals surface area contributed by atoms with Gasteiger partial charge in [-0.25, -0.2) is 0 Å². The first-order valence-electron chi connectivity index (χ1n) is 7.32. The third-order valence-electron chi connectivity index (χ3n) is 3.67. The molecule has 22 heavy (non-hydrogen) atoms. The summed E-state index contributed by atoms with van der Waals surface area (Å²) in [4.78, 5) is 10.5. The smallest absolute Gasteiger partial charge is 0.303 e. The van der Waals surface area contributed by atoms with Crippen molar-refractivity contribution in [3.8, 4) is 16.9 Å². The zero-order valence-corrected chi connectivity index (χ0v) is 12.7. The van der Waals surface area contributed by atoms with E-state index in [0.29, 0.717) is 12.8 Å². The molecule has 1 unspecified atom stereocenters. The van der Waals surface area contributed by atoms with Crippen molar-refractivity contribution in [2.45, 2.75) is 25.3 Å². The number of nitrogens with two attached hydrogens (primary N) is 1. The molecule has 0 aliphatic heterocycles. The monoisotopic (exact) mass is 299 g/mol. The normalized spacial score (nSPS) is 11.9. The molecule has 3 N–H and O–H groups in total. The molecule has 0 saturated carbocycles. The molecule has 1 atom stereocenters. The standard InChI is InChI=1S/C18H21NO3/c1-22-16-11-9-14(10-12-16)13-5-7-15(8-6-13)17(19)3-2-4-18(20)21/h5-12,17H,2-4,19H2,1H3,(H,20,21). The lowest BCUT2D eigenvalue weighted by molar-refractivity contribution is -0.137. The lowest BCUT2D eigenvalue weighted by Gasteiger charge is -2.12. The Labute approximate surface area is 130 Å². The lowest BCUT2D eigenvalue weighted by atomic mass is 9.98. The zero-order valence-electron chi connectivity index (χ0n) is 12.7. The van der Waals surface area contributed by atoms with E-state index in [2.05, 4.69) is 0 Å². The van der Waals surface area contributed by atoms with Gasteiger partial charge < -0.3 is 15.6 Å². The van der Waals surface area contributed by atoms with Gasteiger partial charge in [0.1, 0.15) is 5.75 Å². The number of carbonyl (C=O) groups is 1. The minimum atomic E-state index is -0.776. The molecular formula is C18H21NO3. The predicted molar refractivity (Wildman–Crippen MR) is 86.8 cm³/mol. The largest absolute Gasteiger partial charge is 0.497 e. The van der Waals surface area contributed by atoms with Gasteiger partial charge in [0.2, 0.25) is 0 Å². The van der Waals surface area contributed by atoms with Crippen LogP contribution in [0.15, 0.2) is 48.5 Å². The first kappa shape index (κ1) is 16.0. The predicted octanol–water partition coefficient (Wildman–Crippen LogP) is 3.62. The van der Waals surface area contributed by atoms with Gasteiger partial charge >= 0.3 is 5.97 Å². The summed E-state index contributed by atoms with van der Waals surface area (Å²) in [5, 5.41) is 8.65. The molecule has 2 aromatic rings. The topological polar surface area (TPSA) is 72.5 Å². The van der Waals surface area contributed by atoms with Crippen LogP contribution in [0.3, 0.4) is 0 Å². The summed E-state index contributed by atoms with van der Waals surface area (Å²) in [6, 6.07) is 15.9. The minimum Gasteiger partial charge on any atom is -0.497 e. The van der Waals surface area contributed by atoms with Gasteiger partial charge in [-0.3, -0.25) is 4.79 Å². The molecular weight excluding hydrogens is 278 g/mol. The highest BCUT2D eigenvalue weighted by Crippen LogP contribution is 2.25. The van der Waals surface area contributed by atoms with Gasteiger partial charge in [0, 0.05) is 12.5 Å². The molecule has 0 aromatic heterocycles. The van der Waals surface area contributed by atoms with Crippen molar-refractivity contribution in [2.75, 3.05) is 7.11 Å². The summed E-state index contributed by atoms with van der Waals surface area (Å²) >= 11 is 0. The van der Waals surface area contributed by atoms with Crippen LogP contribution in [0.25, 0.3) is 11.1 Å². The fourth-order valence-electron chi connectivity index (χ4n) is 2.35. The van der Waals surface area contributed by atoms with Crippen LogP contribution in [-0.4, -0.2) is 18.2 Å². The van der Waals surface area contributed by atoms with E-state index in [0.717, 1.165) is 22.4 Å². The zero-order chi connectivity index (χ0) is 15.9. The third-order valence-corrected chi connectivity index (χ3v) is 3.67. The van der Waals surface area contributed by atoms with E-state index in [9.17, 15) is 4.79 Å². The van der Waals surface area contributed by atoms with Crippen LogP contribution in [0.5, 0.6) is 5.75 Å². The number of carboxylic acid groups (broad SMARTS) is 1. The quantitative estimate of drug-likeness (QED) is 0.819. The molecule has 0 spiro atoms. The van der Waals surface area contributed by atoms with Gasteiger partial charge in [-0.2, -0.15) is 0 Å². The summed E-state index contributed by atoms with van der Waals surface area (Å²) in [7, 11) is 1.65. The van der Waals surface area contributed by atoms with Crippen molar-refractivity contribution in [3.05, 3.63) is 54.1 Å². The van der Waals surface area contributed by atoms with Gasteiger partial charge in [0.05, 0.1) is 7.11 Å². The fraction of sp³-hybridized carbons (Fsp3) is 0.278. The molecule has 0 radical (unpaired) electrons. The third kappa shape index (κ3) is 4.33. The van der Waals surface area contributed by atoms with Crippen LogP contribution in [0.2, 0.25) is 0 Å². The number of methoxy groups -OCH3 is 1. The average Bonchev–Trinajstić information content (AvgIpc) is 2.54. The fourth-order valence-corrected chi connectivity index (χ4v) is 2.35. The summed E-state index contributed by atoms with van der Waals surface area (Å²) in [6.45, 7) is 0. The molecule has 0 aliphatic carbocycles. The minimum absolute atomic E-state index is 0.121. The van der Waals surface area contributed by atoms with Crippen molar-refractivity contribution >= 4 is 5.97 Å². The number of hydrogen-bond donors (Lipinski definition) is 2. The Bertz CT molecular complexity index is 605. The van der Waals surface area contributed by atoms with Crippen molar-refractivity contribution in [2.24, 2.45) is 5.73 Å². The molecule has 116 valence electrons. The molecule has 0 amide bonds. The maximum atomic E-state index is 10.5. The number of benzene rings is 2. The summed E-state index contributed by atoms with van der Waals surface area (Å²) in [5.74, 6) is 0.0582. The number of carboxylic acids is 1. The van der Waals surface area contributed by atoms with Crippen molar-refractivity contribution in [1.82, 2.24) is 0 Å². The molecule has 0 bridgehead atoms. The Kier molecular flexibility index (Phi) is 5.55. The van der Waals surface area contributed by atoms with Crippen LogP contribution in [0.4, 0.5) is 0 Å². The molecule has 0 saturated heterocycles. The number of aliphatic carboxylic acids is 1. The number of rotatable bonds is 7. The van der Waals surface area contributed by atoms with Crippen molar-refractivity contribution in [1.29, 1.82) is 0 Å². The van der Waals surface area contributed by atoms with Crippen LogP contribution in [-0.2, 0) is 4.79 Å². The number of hydrogen-bond acceptors (Lipinski definition) is 3. The van der Waals surface area contributed by atoms with Crippen LogP contribution in [0, 0.1) is 0 Å². The van der Waals surface area contributed by atoms with E-state index >= 15 is 0 Å². The van der Waals surface area contributed by atoms with Crippen LogP contribution >= 0.6 is 0 Å². The Hall–Kier alpha value is -2.33. The molecule has 2 rings (SSSR count). The lowest BCUT2D eigenvalue weighted by Crippen LogP contribution is -2.10. The summed E-state index contributed by atoms with van der Waals surface area (Å²) in [5.41, 5.74) is 9.36. The van der Waals surface area contributed by atoms with Gasteiger partial charge in [0.15, 0.2) is 0 Å². The van der Waals surface area contributed by atoms with E-state index in [1.807, 2.05) is 48.5 Å². The van der Waals surface area contributed by atoms with E-state index in [4.69, 9.17) is 15.6 Å². The molecule has 0 fully saturated rings. The van der Waals surface area contributed by atoms with Crippen molar-refractivity contribution in [3.63, 3.8) is 0 Å². The number of ether oxygens (including phenoxy) is 1. The first-order valence-corrected chi connectivity index (χ1v) is 7.32. The Balaban J connectivity index is 2.01. The Morgan fingerprint density at radius 2 is 1.64 bits per heavy atom. The Morgan fingerprint density at radius 3 is 2.14 bits per heavy atom. The highest BCUT2D eigenvalue weighted by atomic mass is 16.5. The van der Waals surface area contributed by atoms with E-state index < -0.39 is 5.97 Å². The summed E-state index contributed by atoms with van der Waals surface area (Å²) in [6.07, 6.45) is 1.43. The second kappa shape index (κ2) is 7.61. The maximum Gasteiger partial charge on any atom is 0.303 e. The van der Waals surface area contributed by atoms with Crippen LogP contribution < -0.4 is 10.5 Å². The first-order chi connectivity index (χ1) is 10.6. The van der Waals surface area contributed by atoms with Crippen LogP contribution in [0.1, 0.15) is 30.9 Å². The van der Waals surface area contributed by atoms with Gasteiger partial charge in [-0.15, -0.1) is 0 Å². The highest BCUT2D eigenvalue weighted by Gasteiger charge is 2.07. The van der Waals surface area contributed by atoms with Crippen molar-refractivity contribution < 1.29 is 14.6 Å². The van der Waals surface area contributed by atoms with E-state index in [1.54, 1.807) is 7.11 Å². The average molecular weight is 299 g/mol. The maximum absolute atomic E-state index is 10.5. The van der Waals surface area contributed by atoms with Gasteiger partial charge in [-0.05, 0) is 41.7 Å².